The van der Waals surface area contributed by atoms with Crippen LogP contribution in [0.15, 0.2) is 0 Å². The number of hydrogen-bond donors (Lipinski definition) is 1. The zero-order valence-electron chi connectivity index (χ0n) is 20.8. The Labute approximate surface area is 190 Å². The van der Waals surface area contributed by atoms with E-state index >= 15 is 0 Å². The van der Waals surface area contributed by atoms with Crippen molar-refractivity contribution in [1.29, 1.82) is 0 Å². The van der Waals surface area contributed by atoms with Gasteiger partial charge in [-0.3, -0.25) is 5.43 Å². The van der Waals surface area contributed by atoms with Gasteiger partial charge in [-0.05, 0) is 31.6 Å². The van der Waals surface area contributed by atoms with Gasteiger partial charge in [-0.15, -0.1) is 0 Å². The SMILES string of the molecule is CCN(NCC1CCCCCCCCCCC1)C1CCCCCCCCCCCC1. The molecule has 0 aromatic rings. The van der Waals surface area contributed by atoms with Gasteiger partial charge in [0, 0.05) is 19.1 Å². The van der Waals surface area contributed by atoms with E-state index in [1.165, 1.54) is 154 Å². The van der Waals surface area contributed by atoms with Crippen LogP contribution in [0.2, 0.25) is 0 Å². The van der Waals surface area contributed by atoms with Crippen LogP contribution >= 0.6 is 0 Å². The van der Waals surface area contributed by atoms with Crippen LogP contribution < -0.4 is 5.43 Å². The molecule has 178 valence electrons. The molecule has 0 heterocycles. The lowest BCUT2D eigenvalue weighted by molar-refractivity contribution is 0.101. The molecule has 30 heavy (non-hydrogen) atoms. The van der Waals surface area contributed by atoms with E-state index in [2.05, 4.69) is 17.4 Å². The minimum atomic E-state index is 0.766. The summed E-state index contributed by atoms with van der Waals surface area (Å²) >= 11 is 0. The molecule has 0 unspecified atom stereocenters. The minimum Gasteiger partial charge on any atom is -0.255 e. The molecule has 2 fully saturated rings. The van der Waals surface area contributed by atoms with E-state index in [0.717, 1.165) is 18.5 Å². The maximum atomic E-state index is 3.98. The largest absolute Gasteiger partial charge is 0.255 e. The summed E-state index contributed by atoms with van der Waals surface area (Å²) in [5.74, 6) is 0.897. The van der Waals surface area contributed by atoms with E-state index in [1.54, 1.807) is 0 Å². The smallest absolute Gasteiger partial charge is 0.0243 e. The van der Waals surface area contributed by atoms with Crippen molar-refractivity contribution in [2.24, 2.45) is 5.92 Å². The van der Waals surface area contributed by atoms with E-state index in [-0.39, 0.29) is 0 Å². The fourth-order valence-electron chi connectivity index (χ4n) is 5.83. The normalized spacial score (nSPS) is 24.2. The van der Waals surface area contributed by atoms with Crippen molar-refractivity contribution in [3.05, 3.63) is 0 Å². The molecule has 2 aliphatic carbocycles. The summed E-state index contributed by atoms with van der Waals surface area (Å²) in [7, 11) is 0. The second-order valence-electron chi connectivity index (χ2n) is 10.5. The van der Waals surface area contributed by atoms with Crippen molar-refractivity contribution in [3.8, 4) is 0 Å². The van der Waals surface area contributed by atoms with E-state index in [0.29, 0.717) is 0 Å². The lowest BCUT2D eigenvalue weighted by Gasteiger charge is -2.33. The summed E-state index contributed by atoms with van der Waals surface area (Å²) in [4.78, 5) is 0. The molecule has 0 radical (unpaired) electrons. The quantitative estimate of drug-likeness (QED) is 0.447. The fourth-order valence-corrected chi connectivity index (χ4v) is 5.83. The molecule has 0 aromatic heterocycles. The van der Waals surface area contributed by atoms with E-state index in [1.807, 2.05) is 0 Å². The van der Waals surface area contributed by atoms with Crippen LogP contribution in [0.3, 0.4) is 0 Å². The van der Waals surface area contributed by atoms with Crippen molar-refractivity contribution in [2.75, 3.05) is 13.1 Å². The summed E-state index contributed by atoms with van der Waals surface area (Å²) in [6.07, 6.45) is 33.6. The van der Waals surface area contributed by atoms with Crippen LogP contribution in [-0.2, 0) is 0 Å². The van der Waals surface area contributed by atoms with Crippen molar-refractivity contribution < 1.29 is 0 Å². The lowest BCUT2D eigenvalue weighted by Crippen LogP contribution is -2.47. The first kappa shape index (κ1) is 26.2. The topological polar surface area (TPSA) is 15.3 Å². The average molecular weight is 421 g/mol. The van der Waals surface area contributed by atoms with E-state index in [4.69, 9.17) is 0 Å². The molecule has 0 amide bonds. The van der Waals surface area contributed by atoms with Crippen molar-refractivity contribution in [3.63, 3.8) is 0 Å². The molecule has 0 atom stereocenters. The molecule has 0 bridgehead atoms. The number of nitrogens with one attached hydrogen (secondary N) is 1. The second kappa shape index (κ2) is 18.5. The van der Waals surface area contributed by atoms with Gasteiger partial charge in [0.25, 0.3) is 0 Å². The zero-order chi connectivity index (χ0) is 21.1. The Morgan fingerprint density at radius 1 is 0.500 bits per heavy atom. The molecule has 0 saturated heterocycles. The van der Waals surface area contributed by atoms with E-state index in [9.17, 15) is 0 Å². The number of rotatable bonds is 5. The van der Waals surface area contributed by atoms with Crippen LogP contribution in [-0.4, -0.2) is 24.1 Å². The van der Waals surface area contributed by atoms with Crippen LogP contribution in [0.5, 0.6) is 0 Å². The van der Waals surface area contributed by atoms with Crippen molar-refractivity contribution >= 4 is 0 Å². The van der Waals surface area contributed by atoms with Crippen LogP contribution in [0, 0.1) is 5.92 Å². The highest BCUT2D eigenvalue weighted by atomic mass is 15.5. The fraction of sp³-hybridized carbons (Fsp3) is 1.00. The number of nitrogens with zero attached hydrogens (tertiary/aromatic N) is 1. The summed E-state index contributed by atoms with van der Waals surface area (Å²) in [5, 5.41) is 2.66. The molecule has 2 aliphatic rings. The first-order valence-corrected chi connectivity index (χ1v) is 14.4. The first-order valence-electron chi connectivity index (χ1n) is 14.4. The zero-order valence-corrected chi connectivity index (χ0v) is 20.8. The van der Waals surface area contributed by atoms with Gasteiger partial charge in [0.1, 0.15) is 0 Å². The predicted octanol–water partition coefficient (Wildman–Crippen LogP) is 8.80. The first-order chi connectivity index (χ1) is 14.9. The molecule has 2 rings (SSSR count). The molecule has 0 aromatic carbocycles. The van der Waals surface area contributed by atoms with Crippen LogP contribution in [0.25, 0.3) is 0 Å². The highest BCUT2D eigenvalue weighted by molar-refractivity contribution is 4.72. The van der Waals surface area contributed by atoms with Gasteiger partial charge < -0.3 is 0 Å². The van der Waals surface area contributed by atoms with E-state index < -0.39 is 0 Å². The van der Waals surface area contributed by atoms with Gasteiger partial charge in [0.2, 0.25) is 0 Å². The molecule has 0 spiro atoms. The maximum Gasteiger partial charge on any atom is 0.0243 e. The molecule has 2 heteroatoms. The maximum absolute atomic E-state index is 3.98. The molecule has 2 saturated carbocycles. The summed E-state index contributed by atoms with van der Waals surface area (Å²) in [5.41, 5.74) is 3.98. The minimum absolute atomic E-state index is 0.766. The third-order valence-electron chi connectivity index (χ3n) is 7.91. The Balaban J connectivity index is 1.79. The lowest BCUT2D eigenvalue weighted by atomic mass is 9.93. The summed E-state index contributed by atoms with van der Waals surface area (Å²) in [6.45, 7) is 4.76. The second-order valence-corrected chi connectivity index (χ2v) is 10.5. The van der Waals surface area contributed by atoms with Crippen molar-refractivity contribution in [2.45, 2.75) is 161 Å². The molecular formula is C28H56N2. The Kier molecular flexibility index (Phi) is 16.1. The summed E-state index contributed by atoms with van der Waals surface area (Å²) in [6, 6.07) is 0.766. The van der Waals surface area contributed by atoms with Gasteiger partial charge in [-0.1, -0.05) is 129 Å². The molecule has 0 aliphatic heterocycles. The van der Waals surface area contributed by atoms with Gasteiger partial charge in [-0.2, -0.15) is 0 Å². The van der Waals surface area contributed by atoms with Gasteiger partial charge >= 0.3 is 0 Å². The Morgan fingerprint density at radius 2 is 0.833 bits per heavy atom. The predicted molar refractivity (Wildman–Crippen MR) is 134 cm³/mol. The number of hydrazine groups is 1. The van der Waals surface area contributed by atoms with Crippen LogP contribution in [0.1, 0.15) is 155 Å². The van der Waals surface area contributed by atoms with Gasteiger partial charge in [0.05, 0.1) is 0 Å². The van der Waals surface area contributed by atoms with Crippen molar-refractivity contribution in [1.82, 2.24) is 10.4 Å². The Morgan fingerprint density at radius 3 is 1.20 bits per heavy atom. The van der Waals surface area contributed by atoms with Gasteiger partial charge in [0.15, 0.2) is 0 Å². The van der Waals surface area contributed by atoms with Gasteiger partial charge in [-0.25, -0.2) is 5.01 Å². The third-order valence-corrected chi connectivity index (χ3v) is 7.91. The Hall–Kier alpha value is -0.0800. The van der Waals surface area contributed by atoms with Crippen LogP contribution in [0.4, 0.5) is 0 Å². The average Bonchev–Trinajstić information content (AvgIpc) is 2.77. The Bertz CT molecular complexity index is 344. The monoisotopic (exact) mass is 420 g/mol. The number of hydrogen-bond acceptors (Lipinski definition) is 2. The highest BCUT2D eigenvalue weighted by Gasteiger charge is 2.18. The third kappa shape index (κ3) is 12.7. The highest BCUT2D eigenvalue weighted by Crippen LogP contribution is 2.22. The standard InChI is InChI=1S/C28H56N2/c1-2-30(28-24-20-16-12-8-3-4-9-13-17-21-25-28)29-26-27-22-18-14-10-6-5-7-11-15-19-23-27/h27-29H,2-26H2,1H3. The molecule has 1 N–H and O–H groups in total. The molecule has 2 nitrogen and oxygen atoms in total. The molecular weight excluding hydrogens is 364 g/mol. The summed E-state index contributed by atoms with van der Waals surface area (Å²) < 4.78 is 0.